The van der Waals surface area contributed by atoms with E-state index in [1.807, 2.05) is 0 Å². The fourth-order valence-electron chi connectivity index (χ4n) is 1.03. The standard InChI is InChI=1S/C8H7ClF3NO/c1-14-7(8(10,11)12)5-2-6(9)4-13-3-5/h2-4,7H,1H3. The smallest absolute Gasteiger partial charge is 0.367 e. The van der Waals surface area contributed by atoms with Crippen LogP contribution in [-0.4, -0.2) is 18.3 Å². The molecular formula is C8H7ClF3NO. The largest absolute Gasteiger partial charge is 0.418 e. The van der Waals surface area contributed by atoms with Crippen LogP contribution >= 0.6 is 11.6 Å². The summed E-state index contributed by atoms with van der Waals surface area (Å²) >= 11 is 5.51. The molecule has 1 unspecified atom stereocenters. The Balaban J connectivity index is 3.01. The van der Waals surface area contributed by atoms with Crippen LogP contribution in [0, 0.1) is 0 Å². The first kappa shape index (κ1) is 11.3. The molecule has 0 aromatic carbocycles. The number of ether oxygens (including phenoxy) is 1. The number of pyridine rings is 1. The van der Waals surface area contributed by atoms with Crippen LogP contribution < -0.4 is 0 Å². The minimum Gasteiger partial charge on any atom is -0.367 e. The Bertz CT molecular complexity index is 316. The third kappa shape index (κ3) is 2.59. The quantitative estimate of drug-likeness (QED) is 0.772. The van der Waals surface area contributed by atoms with Gasteiger partial charge in [0.2, 0.25) is 0 Å². The summed E-state index contributed by atoms with van der Waals surface area (Å²) in [4.78, 5) is 3.55. The fraction of sp³-hybridized carbons (Fsp3) is 0.375. The second-order valence-corrected chi connectivity index (χ2v) is 3.03. The van der Waals surface area contributed by atoms with Crippen LogP contribution in [0.5, 0.6) is 0 Å². The Morgan fingerprint density at radius 1 is 1.43 bits per heavy atom. The van der Waals surface area contributed by atoms with Gasteiger partial charge >= 0.3 is 6.18 Å². The SMILES string of the molecule is COC(c1cncc(Cl)c1)C(F)(F)F. The molecule has 1 atom stereocenters. The highest BCUT2D eigenvalue weighted by Crippen LogP contribution is 2.35. The van der Waals surface area contributed by atoms with Gasteiger partial charge in [-0.25, -0.2) is 0 Å². The van der Waals surface area contributed by atoms with Crippen molar-refractivity contribution in [2.75, 3.05) is 7.11 Å². The summed E-state index contributed by atoms with van der Waals surface area (Å²) in [6.45, 7) is 0. The molecule has 1 rings (SSSR count). The van der Waals surface area contributed by atoms with Gasteiger partial charge in [-0.15, -0.1) is 0 Å². The van der Waals surface area contributed by atoms with E-state index in [0.717, 1.165) is 13.3 Å². The molecule has 0 spiro atoms. The van der Waals surface area contributed by atoms with Gasteiger partial charge in [0, 0.05) is 25.1 Å². The minimum atomic E-state index is -4.46. The van der Waals surface area contributed by atoms with E-state index in [2.05, 4.69) is 9.72 Å². The van der Waals surface area contributed by atoms with Gasteiger partial charge in [0.15, 0.2) is 6.10 Å². The zero-order valence-corrected chi connectivity index (χ0v) is 7.93. The Kier molecular flexibility index (Phi) is 3.34. The van der Waals surface area contributed by atoms with Crippen molar-refractivity contribution in [3.8, 4) is 0 Å². The first-order valence-corrected chi connectivity index (χ1v) is 4.03. The third-order valence-electron chi connectivity index (χ3n) is 1.56. The van der Waals surface area contributed by atoms with Crippen LogP contribution in [0.3, 0.4) is 0 Å². The highest BCUT2D eigenvalue weighted by Gasteiger charge is 2.41. The van der Waals surface area contributed by atoms with E-state index in [1.165, 1.54) is 12.3 Å². The van der Waals surface area contributed by atoms with E-state index in [4.69, 9.17) is 11.6 Å². The molecule has 1 aromatic heterocycles. The van der Waals surface area contributed by atoms with Crippen molar-refractivity contribution in [2.45, 2.75) is 12.3 Å². The number of alkyl halides is 3. The van der Waals surface area contributed by atoms with Crippen molar-refractivity contribution in [2.24, 2.45) is 0 Å². The summed E-state index contributed by atoms with van der Waals surface area (Å²) in [7, 11) is 0.985. The monoisotopic (exact) mass is 225 g/mol. The van der Waals surface area contributed by atoms with Crippen LogP contribution in [0.25, 0.3) is 0 Å². The van der Waals surface area contributed by atoms with Crippen molar-refractivity contribution >= 4 is 11.6 Å². The maximum Gasteiger partial charge on any atom is 0.418 e. The van der Waals surface area contributed by atoms with Crippen molar-refractivity contribution in [1.82, 2.24) is 4.98 Å². The number of nitrogens with zero attached hydrogens (tertiary/aromatic N) is 1. The van der Waals surface area contributed by atoms with E-state index < -0.39 is 12.3 Å². The molecule has 0 aliphatic carbocycles. The average Bonchev–Trinajstić information content (AvgIpc) is 2.02. The van der Waals surface area contributed by atoms with E-state index in [1.54, 1.807) is 0 Å². The second kappa shape index (κ2) is 4.14. The molecule has 6 heteroatoms. The van der Waals surface area contributed by atoms with Crippen LogP contribution in [0.1, 0.15) is 11.7 Å². The summed E-state index contributed by atoms with van der Waals surface area (Å²) in [6, 6.07) is 1.18. The summed E-state index contributed by atoms with van der Waals surface area (Å²) in [5, 5.41) is 0.147. The number of methoxy groups -OCH3 is 1. The Morgan fingerprint density at radius 3 is 2.50 bits per heavy atom. The number of hydrogen-bond donors (Lipinski definition) is 0. The molecule has 14 heavy (non-hydrogen) atoms. The number of rotatable bonds is 2. The Hall–Kier alpha value is -0.810. The molecule has 0 bridgehead atoms. The van der Waals surface area contributed by atoms with Crippen molar-refractivity contribution < 1.29 is 17.9 Å². The predicted octanol–water partition coefficient (Wildman–Crippen LogP) is 2.98. The van der Waals surface area contributed by atoms with Crippen LogP contribution in [0.15, 0.2) is 18.5 Å². The highest BCUT2D eigenvalue weighted by atomic mass is 35.5. The molecule has 1 aromatic rings. The number of halogens is 4. The van der Waals surface area contributed by atoms with Crippen molar-refractivity contribution in [3.05, 3.63) is 29.0 Å². The number of aromatic nitrogens is 1. The molecule has 0 aliphatic heterocycles. The molecular weight excluding hydrogens is 219 g/mol. The zero-order chi connectivity index (χ0) is 10.8. The molecule has 78 valence electrons. The zero-order valence-electron chi connectivity index (χ0n) is 7.18. The average molecular weight is 226 g/mol. The van der Waals surface area contributed by atoms with Crippen molar-refractivity contribution in [3.63, 3.8) is 0 Å². The summed E-state index contributed by atoms with van der Waals surface area (Å²) < 4.78 is 41.4. The van der Waals surface area contributed by atoms with E-state index in [-0.39, 0.29) is 10.6 Å². The lowest BCUT2D eigenvalue weighted by Gasteiger charge is -2.18. The lowest BCUT2D eigenvalue weighted by molar-refractivity contribution is -0.216. The molecule has 0 aliphatic rings. The summed E-state index contributed by atoms with van der Waals surface area (Å²) in [5.74, 6) is 0. The van der Waals surface area contributed by atoms with Gasteiger partial charge in [-0.3, -0.25) is 4.98 Å². The molecule has 0 N–H and O–H groups in total. The lowest BCUT2D eigenvalue weighted by atomic mass is 10.1. The fourth-order valence-corrected chi connectivity index (χ4v) is 1.21. The minimum absolute atomic E-state index is 0.104. The topological polar surface area (TPSA) is 22.1 Å². The molecule has 0 amide bonds. The molecule has 1 heterocycles. The summed E-state index contributed by atoms with van der Waals surface area (Å²) in [6.07, 6.45) is -4.10. The van der Waals surface area contributed by atoms with Gasteiger partial charge in [0.25, 0.3) is 0 Å². The normalized spacial score (nSPS) is 14.1. The van der Waals surface area contributed by atoms with Gasteiger partial charge in [0.1, 0.15) is 0 Å². The predicted molar refractivity (Wildman–Crippen MR) is 45.1 cm³/mol. The van der Waals surface area contributed by atoms with E-state index >= 15 is 0 Å². The molecule has 0 saturated heterocycles. The lowest BCUT2D eigenvalue weighted by Crippen LogP contribution is -2.22. The van der Waals surface area contributed by atoms with Gasteiger partial charge in [0.05, 0.1) is 5.02 Å². The highest BCUT2D eigenvalue weighted by molar-refractivity contribution is 6.30. The molecule has 0 radical (unpaired) electrons. The van der Waals surface area contributed by atoms with Crippen molar-refractivity contribution in [1.29, 1.82) is 0 Å². The second-order valence-electron chi connectivity index (χ2n) is 2.59. The van der Waals surface area contributed by atoms with Crippen LogP contribution in [0.4, 0.5) is 13.2 Å². The van der Waals surface area contributed by atoms with Crippen LogP contribution in [-0.2, 0) is 4.74 Å². The molecule has 2 nitrogen and oxygen atoms in total. The van der Waals surface area contributed by atoms with Gasteiger partial charge in [-0.2, -0.15) is 13.2 Å². The van der Waals surface area contributed by atoms with Crippen LogP contribution in [0.2, 0.25) is 5.02 Å². The van der Waals surface area contributed by atoms with E-state index in [9.17, 15) is 13.2 Å². The Labute approximate surface area is 83.7 Å². The third-order valence-corrected chi connectivity index (χ3v) is 1.77. The summed E-state index contributed by atoms with van der Waals surface area (Å²) in [5.41, 5.74) is -0.104. The first-order chi connectivity index (χ1) is 6.45. The maximum absolute atomic E-state index is 12.3. The number of hydrogen-bond acceptors (Lipinski definition) is 2. The van der Waals surface area contributed by atoms with E-state index in [0.29, 0.717) is 0 Å². The molecule has 0 fully saturated rings. The van der Waals surface area contributed by atoms with Gasteiger partial charge in [-0.05, 0) is 6.07 Å². The Morgan fingerprint density at radius 2 is 2.07 bits per heavy atom. The van der Waals surface area contributed by atoms with Gasteiger partial charge in [-0.1, -0.05) is 11.6 Å². The first-order valence-electron chi connectivity index (χ1n) is 3.65. The van der Waals surface area contributed by atoms with Gasteiger partial charge < -0.3 is 4.74 Å². The maximum atomic E-state index is 12.3. The molecule has 0 saturated carbocycles.